The number of likely N-dealkylation sites (tertiary alicyclic amines) is 1. The normalized spacial score (nSPS) is 36.5. The molecule has 3 fully saturated rings. The average Bonchev–Trinajstić information content (AvgIpc) is 3.42. The first-order valence-corrected chi connectivity index (χ1v) is 9.72. The first-order chi connectivity index (χ1) is 12.9. The fourth-order valence-electron chi connectivity index (χ4n) is 5.48. The Bertz CT molecular complexity index is 868. The summed E-state index contributed by atoms with van der Waals surface area (Å²) in [5.74, 6) is 0.383. The molecular formula is C22H23NO4. The number of nitrogens with zero attached hydrogens (tertiary/aromatic N) is 1. The Morgan fingerprint density at radius 2 is 1.67 bits per heavy atom. The number of aryl methyl sites for hydroxylation is 2. The van der Waals surface area contributed by atoms with Gasteiger partial charge in [-0.25, -0.2) is 4.79 Å². The molecule has 140 valence electrons. The number of amides is 2. The van der Waals surface area contributed by atoms with Crippen LogP contribution in [-0.2, 0) is 14.4 Å². The maximum atomic E-state index is 13.1. The molecule has 5 heteroatoms. The summed E-state index contributed by atoms with van der Waals surface area (Å²) in [4.78, 5) is 40.1. The lowest BCUT2D eigenvalue weighted by molar-refractivity contribution is -0.152. The zero-order valence-electron chi connectivity index (χ0n) is 15.7. The predicted molar refractivity (Wildman–Crippen MR) is 97.6 cm³/mol. The molecule has 2 bridgehead atoms. The number of benzene rings is 1. The molecule has 5 aliphatic rings. The molecule has 5 nitrogen and oxygen atoms in total. The highest BCUT2D eigenvalue weighted by Gasteiger charge is 2.67. The third-order valence-electron chi connectivity index (χ3n) is 6.98. The van der Waals surface area contributed by atoms with Gasteiger partial charge in [0.2, 0.25) is 11.8 Å². The van der Waals surface area contributed by atoms with Gasteiger partial charge in [0.15, 0.2) is 0 Å². The number of imide groups is 1. The third kappa shape index (κ3) is 2.27. The quantitative estimate of drug-likeness (QED) is 0.358. The minimum Gasteiger partial charge on any atom is -0.425 e. The zero-order valence-corrected chi connectivity index (χ0v) is 15.7. The third-order valence-corrected chi connectivity index (χ3v) is 6.98. The summed E-state index contributed by atoms with van der Waals surface area (Å²) in [6.07, 6.45) is 5.39. The highest BCUT2D eigenvalue weighted by atomic mass is 16.5. The molecule has 1 heterocycles. The Morgan fingerprint density at radius 1 is 1.07 bits per heavy atom. The molecule has 4 aliphatic carbocycles. The van der Waals surface area contributed by atoms with E-state index < -0.39 is 12.0 Å². The van der Waals surface area contributed by atoms with Crippen LogP contribution >= 0.6 is 0 Å². The van der Waals surface area contributed by atoms with Crippen molar-refractivity contribution >= 4 is 17.8 Å². The van der Waals surface area contributed by atoms with Crippen LogP contribution in [0.25, 0.3) is 0 Å². The van der Waals surface area contributed by atoms with Gasteiger partial charge in [0.1, 0.15) is 11.8 Å². The van der Waals surface area contributed by atoms with E-state index in [0.29, 0.717) is 17.6 Å². The molecule has 1 saturated heterocycles. The van der Waals surface area contributed by atoms with Crippen molar-refractivity contribution in [1.29, 1.82) is 0 Å². The van der Waals surface area contributed by atoms with Crippen molar-refractivity contribution < 1.29 is 19.1 Å². The zero-order chi connectivity index (χ0) is 19.0. The molecule has 0 radical (unpaired) electrons. The standard InChI is InChI=1S/C22H23NO4/c1-10-4-5-11(2)17(8-10)27-22(26)12(3)23-20(24)18-13-6-7-14(16-9-15(13)16)19(18)21(23)25/h4-8,12-16,18-19H,9H2,1-3H3/t12-,13+,14+,15+,16+,18-,19-/m0/s1. The predicted octanol–water partition coefficient (Wildman–Crippen LogP) is 2.65. The fourth-order valence-corrected chi connectivity index (χ4v) is 5.48. The maximum absolute atomic E-state index is 13.1. The fraction of sp³-hybridized carbons (Fsp3) is 0.500. The van der Waals surface area contributed by atoms with Crippen LogP contribution < -0.4 is 4.74 Å². The lowest BCUT2D eigenvalue weighted by Crippen LogP contribution is -2.45. The van der Waals surface area contributed by atoms with Crippen LogP contribution in [0, 0.1) is 49.4 Å². The number of esters is 1. The van der Waals surface area contributed by atoms with Gasteiger partial charge in [-0.15, -0.1) is 0 Å². The first kappa shape index (κ1) is 16.7. The summed E-state index contributed by atoms with van der Waals surface area (Å²) in [5.41, 5.74) is 1.83. The van der Waals surface area contributed by atoms with Gasteiger partial charge in [-0.1, -0.05) is 24.3 Å². The molecule has 6 rings (SSSR count). The van der Waals surface area contributed by atoms with E-state index in [-0.39, 0.29) is 35.5 Å². The highest BCUT2D eigenvalue weighted by molar-refractivity contribution is 6.08. The molecule has 1 aromatic rings. The van der Waals surface area contributed by atoms with E-state index in [0.717, 1.165) is 17.5 Å². The van der Waals surface area contributed by atoms with Gasteiger partial charge in [-0.2, -0.15) is 0 Å². The summed E-state index contributed by atoms with van der Waals surface area (Å²) < 4.78 is 5.55. The van der Waals surface area contributed by atoms with Gasteiger partial charge < -0.3 is 4.74 Å². The van der Waals surface area contributed by atoms with Crippen molar-refractivity contribution in [2.24, 2.45) is 35.5 Å². The van der Waals surface area contributed by atoms with Crippen LogP contribution in [0.3, 0.4) is 0 Å². The first-order valence-electron chi connectivity index (χ1n) is 9.72. The van der Waals surface area contributed by atoms with E-state index in [4.69, 9.17) is 4.74 Å². The van der Waals surface area contributed by atoms with E-state index >= 15 is 0 Å². The van der Waals surface area contributed by atoms with Gasteiger partial charge >= 0.3 is 5.97 Å². The second-order valence-electron chi connectivity index (χ2n) is 8.57. The van der Waals surface area contributed by atoms with Gasteiger partial charge in [-0.3, -0.25) is 14.5 Å². The Hall–Kier alpha value is -2.43. The van der Waals surface area contributed by atoms with Gasteiger partial charge in [0.05, 0.1) is 11.8 Å². The van der Waals surface area contributed by atoms with Crippen LogP contribution in [-0.4, -0.2) is 28.7 Å². The summed E-state index contributed by atoms with van der Waals surface area (Å²) in [6, 6.07) is 4.72. The maximum Gasteiger partial charge on any atom is 0.334 e. The Kier molecular flexibility index (Phi) is 3.43. The summed E-state index contributed by atoms with van der Waals surface area (Å²) in [7, 11) is 0. The minimum atomic E-state index is -0.911. The van der Waals surface area contributed by atoms with Crippen molar-refractivity contribution in [3.8, 4) is 5.75 Å². The summed E-state index contributed by atoms with van der Waals surface area (Å²) in [6.45, 7) is 5.38. The largest absolute Gasteiger partial charge is 0.425 e. The molecule has 0 N–H and O–H groups in total. The summed E-state index contributed by atoms with van der Waals surface area (Å²) >= 11 is 0. The Morgan fingerprint density at radius 3 is 2.26 bits per heavy atom. The van der Waals surface area contributed by atoms with Gasteiger partial charge in [-0.05, 0) is 68.1 Å². The van der Waals surface area contributed by atoms with Gasteiger partial charge in [0, 0.05) is 0 Å². The van der Waals surface area contributed by atoms with E-state index in [1.807, 2.05) is 26.0 Å². The minimum absolute atomic E-state index is 0.161. The van der Waals surface area contributed by atoms with Crippen molar-refractivity contribution in [1.82, 2.24) is 4.90 Å². The average molecular weight is 365 g/mol. The number of carbonyl (C=O) groups excluding carboxylic acids is 3. The number of rotatable bonds is 3. The van der Waals surface area contributed by atoms with Crippen LogP contribution in [0.4, 0.5) is 0 Å². The molecular weight excluding hydrogens is 342 g/mol. The van der Waals surface area contributed by atoms with Crippen molar-refractivity contribution in [3.63, 3.8) is 0 Å². The summed E-state index contributed by atoms with van der Waals surface area (Å²) in [5, 5.41) is 0. The van der Waals surface area contributed by atoms with Gasteiger partial charge in [0.25, 0.3) is 0 Å². The molecule has 0 unspecified atom stereocenters. The van der Waals surface area contributed by atoms with E-state index in [9.17, 15) is 14.4 Å². The van der Waals surface area contributed by atoms with Crippen molar-refractivity contribution in [3.05, 3.63) is 41.5 Å². The van der Waals surface area contributed by atoms with E-state index in [1.165, 1.54) is 4.90 Å². The Balaban J connectivity index is 1.39. The van der Waals surface area contributed by atoms with Crippen LogP contribution in [0.2, 0.25) is 0 Å². The van der Waals surface area contributed by atoms with Crippen LogP contribution in [0.1, 0.15) is 24.5 Å². The molecule has 0 aromatic heterocycles. The monoisotopic (exact) mass is 365 g/mol. The van der Waals surface area contributed by atoms with Crippen LogP contribution in [0.15, 0.2) is 30.4 Å². The van der Waals surface area contributed by atoms with Crippen LogP contribution in [0.5, 0.6) is 5.75 Å². The smallest absolute Gasteiger partial charge is 0.334 e. The number of allylic oxidation sites excluding steroid dienone is 2. The van der Waals surface area contributed by atoms with Crippen molar-refractivity contribution in [2.75, 3.05) is 0 Å². The number of hydrogen-bond acceptors (Lipinski definition) is 4. The molecule has 1 aliphatic heterocycles. The Labute approximate surface area is 158 Å². The molecule has 0 spiro atoms. The second kappa shape index (κ2) is 5.54. The number of carbonyl (C=O) groups is 3. The topological polar surface area (TPSA) is 63.7 Å². The van der Waals surface area contributed by atoms with E-state index in [1.54, 1.807) is 13.0 Å². The molecule has 7 atom stereocenters. The number of hydrogen-bond donors (Lipinski definition) is 0. The highest BCUT2D eigenvalue weighted by Crippen LogP contribution is 2.65. The van der Waals surface area contributed by atoms with Crippen molar-refractivity contribution in [2.45, 2.75) is 33.2 Å². The molecule has 27 heavy (non-hydrogen) atoms. The lowest BCUT2D eigenvalue weighted by atomic mass is 9.63. The lowest BCUT2D eigenvalue weighted by Gasteiger charge is -2.37. The number of ether oxygens (including phenoxy) is 1. The SMILES string of the molecule is Cc1ccc(C)c(OC(=O)[C@H](C)N2C(=O)[C@H]3[C@@H]4C=C[C@H]([C@H]5C[C@H]45)[C@@H]3C2=O)c1. The molecule has 1 aromatic carbocycles. The molecule has 2 amide bonds. The second-order valence-corrected chi connectivity index (χ2v) is 8.57. The molecule has 2 saturated carbocycles. The van der Waals surface area contributed by atoms with E-state index in [2.05, 4.69) is 12.2 Å².